The van der Waals surface area contributed by atoms with Crippen LogP contribution >= 0.6 is 6.64 Å². The Morgan fingerprint density at radius 3 is 2.60 bits per heavy atom. The molecule has 0 bridgehead atoms. The molecule has 0 saturated heterocycles. The highest BCUT2D eigenvalue weighted by Gasteiger charge is 2.37. The summed E-state index contributed by atoms with van der Waals surface area (Å²) in [5, 5.41) is 13.8. The third kappa shape index (κ3) is 2.77. The molecule has 0 amide bonds. The van der Waals surface area contributed by atoms with Gasteiger partial charge in [-0.1, -0.05) is 24.3 Å². The van der Waals surface area contributed by atoms with Crippen molar-refractivity contribution in [2.75, 3.05) is 13.2 Å². The van der Waals surface area contributed by atoms with Crippen molar-refractivity contribution in [3.05, 3.63) is 35.4 Å². The van der Waals surface area contributed by atoms with Gasteiger partial charge in [-0.2, -0.15) is 10.4 Å². The van der Waals surface area contributed by atoms with Gasteiger partial charge in [0.25, 0.3) is 0 Å². The van der Waals surface area contributed by atoms with Crippen molar-refractivity contribution in [3.8, 4) is 6.07 Å². The predicted molar refractivity (Wildman–Crippen MR) is 81.8 cm³/mol. The fraction of sp³-hybridized carbons (Fsp3) is 0.385. The van der Waals surface area contributed by atoms with Crippen molar-refractivity contribution in [2.24, 2.45) is 5.10 Å². The maximum atomic E-state index is 9.50. The second-order valence-electron chi connectivity index (χ2n) is 4.03. The molecule has 106 valence electrons. The second kappa shape index (κ2) is 6.47. The fourth-order valence-corrected chi connectivity index (χ4v) is 4.64. The Bertz CT molecular complexity index is 590. The van der Waals surface area contributed by atoms with E-state index in [1.807, 2.05) is 38.1 Å². The van der Waals surface area contributed by atoms with Gasteiger partial charge in [-0.25, -0.2) is 4.78 Å². The van der Waals surface area contributed by atoms with Gasteiger partial charge in [-0.15, -0.1) is 0 Å². The Hall–Kier alpha value is -1.25. The van der Waals surface area contributed by atoms with Crippen LogP contribution < -0.4 is 0 Å². The maximum Gasteiger partial charge on any atom is 0.307 e. The molecule has 0 saturated carbocycles. The number of nitrogens with zero attached hydrogens (tertiary/aromatic N) is 3. The molecule has 1 aliphatic rings. The van der Waals surface area contributed by atoms with Crippen molar-refractivity contribution in [2.45, 2.75) is 19.9 Å². The molecule has 1 aromatic rings. The number of benzene rings is 1. The van der Waals surface area contributed by atoms with Crippen LogP contribution in [-0.2, 0) is 20.9 Å². The van der Waals surface area contributed by atoms with Crippen LogP contribution in [0.25, 0.3) is 0 Å². The van der Waals surface area contributed by atoms with Crippen LogP contribution in [0.1, 0.15) is 31.0 Å². The van der Waals surface area contributed by atoms with Gasteiger partial charge in [0.05, 0.1) is 25.5 Å². The molecule has 0 spiro atoms. The van der Waals surface area contributed by atoms with Crippen LogP contribution in [-0.4, -0.2) is 24.2 Å². The van der Waals surface area contributed by atoms with Gasteiger partial charge in [0.15, 0.2) is 6.04 Å². The lowest BCUT2D eigenvalue weighted by atomic mass is 10.0. The van der Waals surface area contributed by atoms with Crippen molar-refractivity contribution < 1.29 is 9.05 Å². The topological polar surface area (TPSA) is 57.9 Å². The number of fused-ring (bicyclic) bond motifs is 1. The van der Waals surface area contributed by atoms with Crippen LogP contribution in [0.2, 0.25) is 0 Å². The molecule has 5 nitrogen and oxygen atoms in total. The summed E-state index contributed by atoms with van der Waals surface area (Å²) in [4.78, 5) is 0. The van der Waals surface area contributed by atoms with Crippen LogP contribution in [0.4, 0.5) is 0 Å². The molecule has 0 radical (unpaired) electrons. The molecular formula is C13H16N3O2PS. The van der Waals surface area contributed by atoms with Crippen LogP contribution in [0.3, 0.4) is 0 Å². The number of hydrogen-bond acceptors (Lipinski definition) is 5. The number of rotatable bonds is 5. The zero-order valence-electron chi connectivity index (χ0n) is 11.4. The Morgan fingerprint density at radius 1 is 1.35 bits per heavy atom. The first-order valence-corrected chi connectivity index (χ1v) is 8.96. The Morgan fingerprint density at radius 2 is 2.00 bits per heavy atom. The monoisotopic (exact) mass is 309 g/mol. The van der Waals surface area contributed by atoms with Gasteiger partial charge in [0.2, 0.25) is 0 Å². The summed E-state index contributed by atoms with van der Waals surface area (Å²) >= 11 is 5.52. The average molecular weight is 309 g/mol. The van der Waals surface area contributed by atoms with Gasteiger partial charge in [0, 0.05) is 5.56 Å². The summed E-state index contributed by atoms with van der Waals surface area (Å²) in [6.07, 6.45) is 1.70. The Balaban J connectivity index is 2.43. The molecule has 0 N–H and O–H groups in total. The first kappa shape index (κ1) is 15.1. The minimum atomic E-state index is -2.78. The molecule has 0 fully saturated rings. The summed E-state index contributed by atoms with van der Waals surface area (Å²) in [6.45, 7) is 1.76. The van der Waals surface area contributed by atoms with E-state index >= 15 is 0 Å². The second-order valence-corrected chi connectivity index (χ2v) is 7.28. The minimum absolute atomic E-state index is 0.420. The molecule has 2 rings (SSSR count). The SMILES string of the molecule is CCOP(=S)(OCC)N1N=Cc2ccccc2C1C#N. The van der Waals surface area contributed by atoms with E-state index in [1.165, 1.54) is 4.78 Å². The zero-order chi connectivity index (χ0) is 14.6. The highest BCUT2D eigenvalue weighted by atomic mass is 32.5. The molecular weight excluding hydrogens is 293 g/mol. The lowest BCUT2D eigenvalue weighted by molar-refractivity contribution is 0.206. The summed E-state index contributed by atoms with van der Waals surface area (Å²) < 4.78 is 12.8. The van der Waals surface area contributed by atoms with E-state index in [4.69, 9.17) is 20.9 Å². The molecule has 1 atom stereocenters. The zero-order valence-corrected chi connectivity index (χ0v) is 13.1. The van der Waals surface area contributed by atoms with Gasteiger partial charge >= 0.3 is 6.64 Å². The number of nitriles is 1. The molecule has 7 heteroatoms. The minimum Gasteiger partial charge on any atom is -0.313 e. The summed E-state index contributed by atoms with van der Waals surface area (Å²) in [5.74, 6) is 0. The predicted octanol–water partition coefficient (Wildman–Crippen LogP) is 3.20. The third-order valence-corrected chi connectivity index (χ3v) is 5.93. The van der Waals surface area contributed by atoms with E-state index in [9.17, 15) is 5.26 Å². The van der Waals surface area contributed by atoms with E-state index in [-0.39, 0.29) is 0 Å². The molecule has 20 heavy (non-hydrogen) atoms. The van der Waals surface area contributed by atoms with Gasteiger partial charge < -0.3 is 9.05 Å². The van der Waals surface area contributed by atoms with E-state index in [1.54, 1.807) is 6.21 Å². The van der Waals surface area contributed by atoms with Crippen molar-refractivity contribution in [1.29, 1.82) is 5.26 Å². The molecule has 1 aliphatic heterocycles. The quantitative estimate of drug-likeness (QED) is 0.782. The van der Waals surface area contributed by atoms with Gasteiger partial charge in [-0.3, -0.25) is 0 Å². The number of hydrazone groups is 1. The lowest BCUT2D eigenvalue weighted by Crippen LogP contribution is -2.26. The smallest absolute Gasteiger partial charge is 0.307 e. The van der Waals surface area contributed by atoms with Crippen molar-refractivity contribution in [3.63, 3.8) is 0 Å². The summed E-state index contributed by atoms with van der Waals surface area (Å²) in [5.41, 5.74) is 1.79. The Labute approximate surface area is 124 Å². The molecule has 0 aliphatic carbocycles. The highest BCUT2D eigenvalue weighted by Crippen LogP contribution is 2.57. The maximum absolute atomic E-state index is 9.50. The first-order chi connectivity index (χ1) is 9.66. The molecule has 1 heterocycles. The lowest BCUT2D eigenvalue weighted by Gasteiger charge is -2.36. The van der Waals surface area contributed by atoms with Gasteiger partial charge in [0.1, 0.15) is 0 Å². The summed E-state index contributed by atoms with van der Waals surface area (Å²) in [7, 11) is 0. The van der Waals surface area contributed by atoms with E-state index in [0.717, 1.165) is 11.1 Å². The molecule has 0 aromatic heterocycles. The van der Waals surface area contributed by atoms with Gasteiger partial charge in [-0.05, 0) is 31.2 Å². The van der Waals surface area contributed by atoms with E-state index in [0.29, 0.717) is 13.2 Å². The summed E-state index contributed by atoms with van der Waals surface area (Å²) in [6, 6.07) is 9.29. The normalized spacial score (nSPS) is 17.6. The standard InChI is InChI=1S/C13H16N3O2PS/c1-3-17-19(20,18-4-2)16-13(9-14)12-8-6-5-7-11(12)10-15-16/h5-8,10,13H,3-4H2,1-2H3. The third-order valence-electron chi connectivity index (χ3n) is 2.79. The van der Waals surface area contributed by atoms with Crippen molar-refractivity contribution in [1.82, 2.24) is 4.78 Å². The molecule has 1 aromatic carbocycles. The fourth-order valence-electron chi connectivity index (χ4n) is 2.00. The van der Waals surface area contributed by atoms with Crippen molar-refractivity contribution >= 4 is 24.7 Å². The van der Waals surface area contributed by atoms with E-state index in [2.05, 4.69) is 11.2 Å². The van der Waals surface area contributed by atoms with Crippen LogP contribution in [0.5, 0.6) is 0 Å². The van der Waals surface area contributed by atoms with E-state index < -0.39 is 12.7 Å². The van der Waals surface area contributed by atoms with Crippen LogP contribution in [0, 0.1) is 11.3 Å². The number of hydrogen-bond donors (Lipinski definition) is 0. The van der Waals surface area contributed by atoms with Crippen LogP contribution in [0.15, 0.2) is 29.4 Å². The Kier molecular flexibility index (Phi) is 4.90. The molecule has 1 unspecified atom stereocenters. The largest absolute Gasteiger partial charge is 0.313 e. The first-order valence-electron chi connectivity index (χ1n) is 6.37. The average Bonchev–Trinajstić information content (AvgIpc) is 2.46. The highest BCUT2D eigenvalue weighted by molar-refractivity contribution is 8.08.